The molecule has 2 aliphatic rings. The highest BCUT2D eigenvalue weighted by Crippen LogP contribution is 2.33. The molecular formula is C13H24O2S2. The van der Waals surface area contributed by atoms with Crippen LogP contribution >= 0.6 is 23.5 Å². The van der Waals surface area contributed by atoms with E-state index in [1.54, 1.807) is 0 Å². The van der Waals surface area contributed by atoms with Crippen LogP contribution < -0.4 is 0 Å². The molecule has 0 radical (unpaired) electrons. The van der Waals surface area contributed by atoms with Gasteiger partial charge >= 0.3 is 0 Å². The predicted molar refractivity (Wildman–Crippen MR) is 76.7 cm³/mol. The van der Waals surface area contributed by atoms with Gasteiger partial charge in [-0.05, 0) is 56.5 Å². The summed E-state index contributed by atoms with van der Waals surface area (Å²) < 4.78 is 12.1. The maximum Gasteiger partial charge on any atom is 0.157 e. The molecule has 17 heavy (non-hydrogen) atoms. The standard InChI is InChI=1S/C13H24O2S2/c1-3-8-14-12(6-1)15-9-4-2-7-13-16-10-5-11-17-13/h12-13H,1-11H2. The Morgan fingerprint density at radius 3 is 2.71 bits per heavy atom. The zero-order chi connectivity index (χ0) is 11.8. The first-order valence-electron chi connectivity index (χ1n) is 6.91. The Morgan fingerprint density at radius 1 is 1.06 bits per heavy atom. The average molecular weight is 276 g/mol. The Balaban J connectivity index is 1.42. The predicted octanol–water partition coefficient (Wildman–Crippen LogP) is 3.90. The molecule has 4 heteroatoms. The Bertz CT molecular complexity index is 170. The van der Waals surface area contributed by atoms with Crippen molar-refractivity contribution < 1.29 is 9.47 Å². The van der Waals surface area contributed by atoms with E-state index >= 15 is 0 Å². The summed E-state index contributed by atoms with van der Waals surface area (Å²) in [5.74, 6) is 2.73. The van der Waals surface area contributed by atoms with Crippen LogP contribution in [0.1, 0.15) is 44.9 Å². The lowest BCUT2D eigenvalue weighted by Gasteiger charge is -2.23. The number of ether oxygens (including phenoxy) is 2. The van der Waals surface area contributed by atoms with Gasteiger partial charge in [0.05, 0.1) is 4.58 Å². The van der Waals surface area contributed by atoms with Crippen LogP contribution in [-0.4, -0.2) is 35.6 Å². The molecule has 2 nitrogen and oxygen atoms in total. The molecule has 2 aliphatic heterocycles. The van der Waals surface area contributed by atoms with Gasteiger partial charge in [-0.1, -0.05) is 0 Å². The molecule has 0 aromatic rings. The molecule has 2 heterocycles. The molecule has 1 atom stereocenters. The minimum absolute atomic E-state index is 0.0992. The Labute approximate surface area is 114 Å². The summed E-state index contributed by atoms with van der Waals surface area (Å²) in [4.78, 5) is 0. The maximum atomic E-state index is 5.74. The summed E-state index contributed by atoms with van der Waals surface area (Å²) in [6, 6.07) is 0. The number of thioether (sulfide) groups is 2. The summed E-state index contributed by atoms with van der Waals surface area (Å²) >= 11 is 4.29. The molecule has 0 saturated carbocycles. The van der Waals surface area contributed by atoms with Crippen LogP contribution in [0, 0.1) is 0 Å². The monoisotopic (exact) mass is 276 g/mol. The highest BCUT2D eigenvalue weighted by atomic mass is 32.2. The van der Waals surface area contributed by atoms with Crippen molar-refractivity contribution in [1.29, 1.82) is 0 Å². The van der Waals surface area contributed by atoms with Gasteiger partial charge in [0.1, 0.15) is 0 Å². The third-order valence-electron chi connectivity index (χ3n) is 3.17. The summed E-state index contributed by atoms with van der Waals surface area (Å²) in [6.07, 6.45) is 8.90. The van der Waals surface area contributed by atoms with Gasteiger partial charge < -0.3 is 9.47 Å². The first kappa shape index (κ1) is 14.0. The van der Waals surface area contributed by atoms with E-state index in [0.29, 0.717) is 0 Å². The summed E-state index contributed by atoms with van der Waals surface area (Å²) in [5, 5.41) is 0. The topological polar surface area (TPSA) is 18.5 Å². The van der Waals surface area contributed by atoms with Crippen molar-refractivity contribution in [3.05, 3.63) is 0 Å². The van der Waals surface area contributed by atoms with E-state index in [1.165, 1.54) is 50.0 Å². The molecular weight excluding hydrogens is 252 g/mol. The Hall–Kier alpha value is 0.620. The van der Waals surface area contributed by atoms with Gasteiger partial charge in [0.15, 0.2) is 6.29 Å². The zero-order valence-corrected chi connectivity index (χ0v) is 12.2. The molecule has 0 amide bonds. The van der Waals surface area contributed by atoms with Gasteiger partial charge in [-0.3, -0.25) is 0 Å². The van der Waals surface area contributed by atoms with Crippen molar-refractivity contribution >= 4 is 23.5 Å². The van der Waals surface area contributed by atoms with Gasteiger partial charge in [0.25, 0.3) is 0 Å². The molecule has 0 aliphatic carbocycles. The Kier molecular flexibility index (Phi) is 7.16. The number of rotatable bonds is 6. The van der Waals surface area contributed by atoms with Crippen LogP contribution in [0.15, 0.2) is 0 Å². The molecule has 0 aromatic carbocycles. The third kappa shape index (κ3) is 5.86. The Morgan fingerprint density at radius 2 is 1.94 bits per heavy atom. The van der Waals surface area contributed by atoms with E-state index in [4.69, 9.17) is 9.47 Å². The zero-order valence-electron chi connectivity index (χ0n) is 10.6. The minimum Gasteiger partial charge on any atom is -0.353 e. The fourth-order valence-electron chi connectivity index (χ4n) is 2.17. The fraction of sp³-hybridized carbons (Fsp3) is 1.00. The number of hydrogen-bond acceptors (Lipinski definition) is 4. The van der Waals surface area contributed by atoms with E-state index in [1.807, 2.05) is 0 Å². The van der Waals surface area contributed by atoms with Crippen LogP contribution in [0.25, 0.3) is 0 Å². The molecule has 0 spiro atoms. The lowest BCUT2D eigenvalue weighted by Crippen LogP contribution is -2.22. The maximum absolute atomic E-state index is 5.74. The molecule has 2 saturated heterocycles. The fourth-order valence-corrected chi connectivity index (χ4v) is 5.13. The molecule has 0 N–H and O–H groups in total. The molecule has 1 unspecified atom stereocenters. The molecule has 100 valence electrons. The summed E-state index contributed by atoms with van der Waals surface area (Å²) in [7, 11) is 0. The van der Waals surface area contributed by atoms with Crippen LogP contribution in [0.4, 0.5) is 0 Å². The largest absolute Gasteiger partial charge is 0.353 e. The van der Waals surface area contributed by atoms with Crippen LogP contribution in [-0.2, 0) is 9.47 Å². The molecule has 2 rings (SSSR count). The minimum atomic E-state index is 0.0992. The van der Waals surface area contributed by atoms with E-state index in [9.17, 15) is 0 Å². The smallest absolute Gasteiger partial charge is 0.157 e. The highest BCUT2D eigenvalue weighted by molar-refractivity contribution is 8.17. The van der Waals surface area contributed by atoms with Gasteiger partial charge in [0, 0.05) is 13.2 Å². The van der Waals surface area contributed by atoms with E-state index in [-0.39, 0.29) is 6.29 Å². The summed E-state index contributed by atoms with van der Waals surface area (Å²) in [6.45, 7) is 1.77. The second-order valence-corrected chi connectivity index (χ2v) is 7.61. The number of hydrogen-bond donors (Lipinski definition) is 0. The van der Waals surface area contributed by atoms with Crippen molar-refractivity contribution in [2.24, 2.45) is 0 Å². The second kappa shape index (κ2) is 8.68. The van der Waals surface area contributed by atoms with Gasteiger partial charge in [-0.2, -0.15) is 0 Å². The molecule has 0 aromatic heterocycles. The van der Waals surface area contributed by atoms with E-state index < -0.39 is 0 Å². The van der Waals surface area contributed by atoms with Crippen molar-refractivity contribution in [3.8, 4) is 0 Å². The van der Waals surface area contributed by atoms with Gasteiger partial charge in [0.2, 0.25) is 0 Å². The van der Waals surface area contributed by atoms with Crippen molar-refractivity contribution in [2.75, 3.05) is 24.7 Å². The average Bonchev–Trinajstić information content (AvgIpc) is 2.41. The van der Waals surface area contributed by atoms with Crippen molar-refractivity contribution in [1.82, 2.24) is 0 Å². The molecule has 2 fully saturated rings. The first-order chi connectivity index (χ1) is 8.45. The van der Waals surface area contributed by atoms with Crippen LogP contribution in [0.3, 0.4) is 0 Å². The van der Waals surface area contributed by atoms with Gasteiger partial charge in [-0.25, -0.2) is 0 Å². The third-order valence-corrected chi connectivity index (χ3v) is 6.25. The molecule has 0 bridgehead atoms. The highest BCUT2D eigenvalue weighted by Gasteiger charge is 2.15. The number of unbranched alkanes of at least 4 members (excludes halogenated alkanes) is 1. The van der Waals surface area contributed by atoms with E-state index in [0.717, 1.165) is 24.2 Å². The van der Waals surface area contributed by atoms with Crippen LogP contribution in [0.5, 0.6) is 0 Å². The lowest BCUT2D eigenvalue weighted by atomic mass is 10.2. The van der Waals surface area contributed by atoms with Crippen molar-refractivity contribution in [2.45, 2.75) is 55.8 Å². The van der Waals surface area contributed by atoms with Crippen molar-refractivity contribution in [3.63, 3.8) is 0 Å². The van der Waals surface area contributed by atoms with Gasteiger partial charge in [-0.15, -0.1) is 23.5 Å². The summed E-state index contributed by atoms with van der Waals surface area (Å²) in [5.41, 5.74) is 0. The lowest BCUT2D eigenvalue weighted by molar-refractivity contribution is -0.162. The quantitative estimate of drug-likeness (QED) is 0.685. The second-order valence-electron chi connectivity index (χ2n) is 4.69. The normalized spacial score (nSPS) is 27.2. The first-order valence-corrected chi connectivity index (χ1v) is 9.01. The SMILES string of the molecule is C1CCC(OCCCCC2SCCCS2)OC1. The van der Waals surface area contributed by atoms with Crippen LogP contribution in [0.2, 0.25) is 0 Å². The van der Waals surface area contributed by atoms with E-state index in [2.05, 4.69) is 23.5 Å².